The van der Waals surface area contributed by atoms with Crippen LogP contribution in [0.3, 0.4) is 0 Å². The first-order valence-electron chi connectivity index (χ1n) is 9.47. The van der Waals surface area contributed by atoms with E-state index in [4.69, 9.17) is 14.2 Å². The summed E-state index contributed by atoms with van der Waals surface area (Å²) in [5.41, 5.74) is 0. The molecular weight excluding hydrogens is 296 g/mol. The van der Waals surface area contributed by atoms with E-state index in [0.717, 1.165) is 18.9 Å². The third kappa shape index (κ3) is 3.31. The zero-order chi connectivity index (χ0) is 15.8. The normalized spacial score (nSPS) is 48.0. The Labute approximate surface area is 138 Å². The van der Waals surface area contributed by atoms with Crippen molar-refractivity contribution in [2.45, 2.75) is 76.2 Å². The molecule has 0 aromatic rings. The molecule has 0 aromatic heterocycles. The minimum absolute atomic E-state index is 0.0755. The smallest absolute Gasteiger partial charge is 0.160 e. The molecule has 2 aliphatic heterocycles. The van der Waals surface area contributed by atoms with E-state index >= 15 is 0 Å². The van der Waals surface area contributed by atoms with Crippen LogP contribution in [0.15, 0.2) is 0 Å². The molecule has 2 N–H and O–H groups in total. The summed E-state index contributed by atoms with van der Waals surface area (Å²) in [5, 5.41) is 19.9. The Balaban J connectivity index is 1.43. The number of aliphatic hydroxyl groups is 2. The molecule has 0 amide bonds. The van der Waals surface area contributed by atoms with Crippen LogP contribution in [0.5, 0.6) is 0 Å². The van der Waals surface area contributed by atoms with Crippen LogP contribution in [0.4, 0.5) is 0 Å². The van der Waals surface area contributed by atoms with Gasteiger partial charge in [0.15, 0.2) is 12.6 Å². The molecule has 0 radical (unpaired) electrons. The Morgan fingerprint density at radius 3 is 2.65 bits per heavy atom. The number of aliphatic hydroxyl groups excluding tert-OH is 2. The second kappa shape index (κ2) is 6.96. The monoisotopic (exact) mass is 326 g/mol. The maximum atomic E-state index is 10.8. The molecule has 8 unspecified atom stereocenters. The van der Waals surface area contributed by atoms with E-state index < -0.39 is 12.6 Å². The Hall–Kier alpha value is -0.200. The van der Waals surface area contributed by atoms with Gasteiger partial charge in [-0.25, -0.2) is 0 Å². The summed E-state index contributed by atoms with van der Waals surface area (Å²) in [5.74, 6) is 1.96. The van der Waals surface area contributed by atoms with Crippen molar-refractivity contribution < 1.29 is 24.4 Å². The minimum atomic E-state index is -0.771. The standard InChI is InChI=1S/C18H30O5/c19-15-9-13(23-15)10-22-18(20)16-14-6-2-1-4-11(14)8-12-5-3-7-21-17(12)16/h11-20H,1-10H2. The van der Waals surface area contributed by atoms with Crippen LogP contribution < -0.4 is 0 Å². The first-order chi connectivity index (χ1) is 11.2. The third-order valence-electron chi connectivity index (χ3n) is 6.54. The van der Waals surface area contributed by atoms with Crippen molar-refractivity contribution in [3.63, 3.8) is 0 Å². The topological polar surface area (TPSA) is 68.2 Å². The Morgan fingerprint density at radius 1 is 1.04 bits per heavy atom. The Kier molecular flexibility index (Phi) is 4.93. The number of rotatable bonds is 4. The van der Waals surface area contributed by atoms with Crippen molar-refractivity contribution in [1.29, 1.82) is 0 Å². The second-order valence-corrected chi connectivity index (χ2v) is 7.93. The second-order valence-electron chi connectivity index (χ2n) is 7.93. The number of hydrogen-bond acceptors (Lipinski definition) is 5. The van der Waals surface area contributed by atoms with E-state index in [0.29, 0.717) is 24.9 Å². The molecule has 2 saturated heterocycles. The lowest BCUT2D eigenvalue weighted by Gasteiger charge is -2.52. The van der Waals surface area contributed by atoms with Crippen molar-refractivity contribution in [3.8, 4) is 0 Å². The fourth-order valence-corrected chi connectivity index (χ4v) is 5.44. The molecule has 5 nitrogen and oxygen atoms in total. The summed E-state index contributed by atoms with van der Waals surface area (Å²) in [4.78, 5) is 0. The SMILES string of the molecule is OC1CC(COC(O)C2C3CCCCC3CC3CCCOC32)O1. The molecule has 23 heavy (non-hydrogen) atoms. The van der Waals surface area contributed by atoms with Gasteiger partial charge in [-0.05, 0) is 43.4 Å². The predicted octanol–water partition coefficient (Wildman–Crippen LogP) is 2.05. The van der Waals surface area contributed by atoms with E-state index in [2.05, 4.69) is 0 Å². The Morgan fingerprint density at radius 2 is 1.83 bits per heavy atom. The van der Waals surface area contributed by atoms with Gasteiger partial charge in [-0.2, -0.15) is 0 Å². The summed E-state index contributed by atoms with van der Waals surface area (Å²) < 4.78 is 17.1. The summed E-state index contributed by atoms with van der Waals surface area (Å²) in [7, 11) is 0. The first kappa shape index (κ1) is 16.3. The van der Waals surface area contributed by atoms with Crippen LogP contribution in [0.25, 0.3) is 0 Å². The number of fused-ring (bicyclic) bond motifs is 2. The van der Waals surface area contributed by atoms with Crippen LogP contribution in [-0.4, -0.2) is 48.2 Å². The molecule has 5 heteroatoms. The number of hydrogen-bond donors (Lipinski definition) is 2. The minimum Gasteiger partial charge on any atom is -0.377 e. The van der Waals surface area contributed by atoms with Gasteiger partial charge < -0.3 is 24.4 Å². The maximum absolute atomic E-state index is 10.8. The zero-order valence-electron chi connectivity index (χ0n) is 13.8. The van der Waals surface area contributed by atoms with Gasteiger partial charge in [-0.3, -0.25) is 0 Å². The van der Waals surface area contributed by atoms with Gasteiger partial charge in [-0.15, -0.1) is 0 Å². The van der Waals surface area contributed by atoms with Gasteiger partial charge in [0.2, 0.25) is 0 Å². The third-order valence-corrected chi connectivity index (χ3v) is 6.54. The summed E-state index contributed by atoms with van der Waals surface area (Å²) in [6, 6.07) is 0. The molecule has 0 spiro atoms. The van der Waals surface area contributed by atoms with Crippen molar-refractivity contribution in [3.05, 3.63) is 0 Å². The molecule has 2 aliphatic carbocycles. The van der Waals surface area contributed by atoms with Crippen molar-refractivity contribution >= 4 is 0 Å². The average molecular weight is 326 g/mol. The van der Waals surface area contributed by atoms with Gasteiger partial charge in [0.1, 0.15) is 0 Å². The van der Waals surface area contributed by atoms with Crippen molar-refractivity contribution in [2.24, 2.45) is 23.7 Å². The molecule has 0 aromatic carbocycles. The average Bonchev–Trinajstić information content (AvgIpc) is 2.55. The fraction of sp³-hybridized carbons (Fsp3) is 1.00. The summed E-state index contributed by atoms with van der Waals surface area (Å²) in [6.45, 7) is 1.18. The molecule has 0 bridgehead atoms. The largest absolute Gasteiger partial charge is 0.377 e. The molecular formula is C18H30O5. The molecule has 8 atom stereocenters. The van der Waals surface area contributed by atoms with E-state index in [-0.39, 0.29) is 18.1 Å². The van der Waals surface area contributed by atoms with Crippen LogP contribution in [-0.2, 0) is 14.2 Å². The van der Waals surface area contributed by atoms with Crippen LogP contribution >= 0.6 is 0 Å². The van der Waals surface area contributed by atoms with E-state index in [9.17, 15) is 10.2 Å². The summed E-state index contributed by atoms with van der Waals surface area (Å²) >= 11 is 0. The lowest BCUT2D eigenvalue weighted by Crippen LogP contribution is -2.53. The van der Waals surface area contributed by atoms with Crippen LogP contribution in [0.1, 0.15) is 51.4 Å². The molecule has 132 valence electrons. The van der Waals surface area contributed by atoms with Gasteiger partial charge in [0.25, 0.3) is 0 Å². The highest BCUT2D eigenvalue weighted by Gasteiger charge is 2.50. The van der Waals surface area contributed by atoms with Gasteiger partial charge in [-0.1, -0.05) is 19.3 Å². The quantitative estimate of drug-likeness (QED) is 0.774. The fourth-order valence-electron chi connectivity index (χ4n) is 5.44. The molecule has 4 fully saturated rings. The van der Waals surface area contributed by atoms with Crippen molar-refractivity contribution in [2.75, 3.05) is 13.2 Å². The van der Waals surface area contributed by atoms with E-state index in [1.807, 2.05) is 0 Å². The van der Waals surface area contributed by atoms with Crippen LogP contribution in [0.2, 0.25) is 0 Å². The molecule has 4 rings (SSSR count). The molecule has 2 saturated carbocycles. The van der Waals surface area contributed by atoms with Gasteiger partial charge in [0, 0.05) is 18.9 Å². The highest BCUT2D eigenvalue weighted by Crippen LogP contribution is 2.50. The van der Waals surface area contributed by atoms with Gasteiger partial charge >= 0.3 is 0 Å². The zero-order valence-corrected chi connectivity index (χ0v) is 13.8. The highest BCUT2D eigenvalue weighted by molar-refractivity contribution is 4.96. The van der Waals surface area contributed by atoms with Gasteiger partial charge in [0.05, 0.1) is 18.8 Å². The highest BCUT2D eigenvalue weighted by atomic mass is 16.7. The van der Waals surface area contributed by atoms with Crippen LogP contribution in [0, 0.1) is 23.7 Å². The molecule has 4 aliphatic rings. The van der Waals surface area contributed by atoms with Crippen molar-refractivity contribution in [1.82, 2.24) is 0 Å². The number of ether oxygens (including phenoxy) is 3. The van der Waals surface area contributed by atoms with E-state index in [1.54, 1.807) is 0 Å². The summed E-state index contributed by atoms with van der Waals surface area (Å²) in [6.07, 6.45) is 8.01. The first-order valence-corrected chi connectivity index (χ1v) is 9.47. The Bertz CT molecular complexity index is 375. The van der Waals surface area contributed by atoms with E-state index in [1.165, 1.54) is 38.5 Å². The molecule has 2 heterocycles. The predicted molar refractivity (Wildman–Crippen MR) is 83.5 cm³/mol. The maximum Gasteiger partial charge on any atom is 0.160 e. The lowest BCUT2D eigenvalue weighted by molar-refractivity contribution is -0.275. The lowest BCUT2D eigenvalue weighted by atomic mass is 9.59.